The van der Waals surface area contributed by atoms with Crippen LogP contribution in [0.2, 0.25) is 0 Å². The lowest BCUT2D eigenvalue weighted by Crippen LogP contribution is -2.30. The van der Waals surface area contributed by atoms with Crippen molar-refractivity contribution in [3.8, 4) is 11.5 Å². The second-order valence-electron chi connectivity index (χ2n) is 5.82. The molecule has 0 saturated heterocycles. The van der Waals surface area contributed by atoms with Crippen LogP contribution in [0.25, 0.3) is 0 Å². The maximum atomic E-state index is 11.8. The molecule has 19 heavy (non-hydrogen) atoms. The number of phenolic OH excluding ortho intramolecular Hbond substituents is 1. The molecule has 4 nitrogen and oxygen atoms in total. The summed E-state index contributed by atoms with van der Waals surface area (Å²) in [5.41, 5.74) is 1.60. The molecular weight excluding hydrogens is 244 g/mol. The van der Waals surface area contributed by atoms with Crippen LogP contribution >= 0.6 is 0 Å². The minimum absolute atomic E-state index is 0.0354. The van der Waals surface area contributed by atoms with Gasteiger partial charge in [-0.2, -0.15) is 0 Å². The first-order valence-corrected chi connectivity index (χ1v) is 6.69. The fourth-order valence-electron chi connectivity index (χ4n) is 3.54. The van der Waals surface area contributed by atoms with E-state index in [2.05, 4.69) is 6.92 Å². The molecule has 1 aromatic rings. The average Bonchev–Trinajstić information content (AvgIpc) is 2.58. The zero-order valence-corrected chi connectivity index (χ0v) is 11.4. The van der Waals surface area contributed by atoms with Gasteiger partial charge in [-0.3, -0.25) is 0 Å². The zero-order chi connectivity index (χ0) is 13.9. The number of esters is 1. The Kier molecular flexibility index (Phi) is 2.45. The molecule has 0 bridgehead atoms. The molecule has 1 aromatic carbocycles. The number of hydrogen-bond acceptors (Lipinski definition) is 4. The summed E-state index contributed by atoms with van der Waals surface area (Å²) in [6, 6.07) is 0. The smallest absolute Gasteiger partial charge is 0.348 e. The summed E-state index contributed by atoms with van der Waals surface area (Å²) in [4.78, 5) is 11.8. The van der Waals surface area contributed by atoms with Gasteiger partial charge in [-0.1, -0.05) is 6.92 Å². The van der Waals surface area contributed by atoms with Crippen LogP contribution in [0.1, 0.15) is 54.9 Å². The molecule has 1 aliphatic heterocycles. The van der Waals surface area contributed by atoms with Gasteiger partial charge in [-0.05, 0) is 50.2 Å². The molecule has 0 aromatic heterocycles. The highest BCUT2D eigenvalue weighted by atomic mass is 16.6. The third kappa shape index (κ3) is 1.46. The first-order chi connectivity index (χ1) is 8.85. The lowest BCUT2D eigenvalue weighted by atomic mass is 9.77. The van der Waals surface area contributed by atoms with Crippen molar-refractivity contribution in [2.75, 3.05) is 0 Å². The Bertz CT molecular complexity index is 587. The standard InChI is InChI=1S/C15H18O4/c1-7-5-4-6-9-10(7)8(2)11-13(12(9)16)19-14(17)15(11,3)18/h7,16,18H,4-6H2,1-3H3/t7-,15+/m1/s1. The SMILES string of the molecule is Cc1c2c(c(O)c3c1[C@](C)(O)C(=O)O3)CCC[C@H]2C. The highest BCUT2D eigenvalue weighted by Gasteiger charge is 2.48. The summed E-state index contributed by atoms with van der Waals surface area (Å²) < 4.78 is 5.10. The Morgan fingerprint density at radius 2 is 2.11 bits per heavy atom. The second-order valence-corrected chi connectivity index (χ2v) is 5.82. The zero-order valence-electron chi connectivity index (χ0n) is 11.4. The highest BCUT2D eigenvalue weighted by Crippen LogP contribution is 2.52. The van der Waals surface area contributed by atoms with Gasteiger partial charge in [0.05, 0.1) is 0 Å². The van der Waals surface area contributed by atoms with E-state index in [4.69, 9.17) is 4.74 Å². The Morgan fingerprint density at radius 3 is 2.79 bits per heavy atom. The summed E-state index contributed by atoms with van der Waals surface area (Å²) in [7, 11) is 0. The molecule has 0 fully saturated rings. The molecule has 0 amide bonds. The number of ether oxygens (including phenoxy) is 1. The number of fused-ring (bicyclic) bond motifs is 2. The molecule has 0 unspecified atom stereocenters. The molecule has 0 spiro atoms. The monoisotopic (exact) mass is 262 g/mol. The van der Waals surface area contributed by atoms with Crippen molar-refractivity contribution in [2.24, 2.45) is 0 Å². The number of carbonyl (C=O) groups excluding carboxylic acids is 1. The minimum Gasteiger partial charge on any atom is -0.504 e. The maximum Gasteiger partial charge on any atom is 0.348 e. The van der Waals surface area contributed by atoms with E-state index in [0.29, 0.717) is 11.5 Å². The van der Waals surface area contributed by atoms with E-state index in [1.807, 2.05) is 6.92 Å². The number of aromatic hydroxyl groups is 1. The van der Waals surface area contributed by atoms with Crippen LogP contribution < -0.4 is 4.74 Å². The third-order valence-electron chi connectivity index (χ3n) is 4.47. The largest absolute Gasteiger partial charge is 0.504 e. The van der Waals surface area contributed by atoms with E-state index >= 15 is 0 Å². The van der Waals surface area contributed by atoms with Crippen LogP contribution in [0, 0.1) is 6.92 Å². The molecule has 0 radical (unpaired) electrons. The number of aliphatic hydroxyl groups is 1. The molecule has 2 atom stereocenters. The fraction of sp³-hybridized carbons (Fsp3) is 0.533. The molecular formula is C15H18O4. The van der Waals surface area contributed by atoms with Gasteiger partial charge in [0, 0.05) is 11.1 Å². The summed E-state index contributed by atoms with van der Waals surface area (Å²) in [5.74, 6) is -0.198. The van der Waals surface area contributed by atoms with Gasteiger partial charge in [-0.15, -0.1) is 0 Å². The number of carbonyl (C=O) groups is 1. The van der Waals surface area contributed by atoms with Crippen LogP contribution in [0.15, 0.2) is 0 Å². The van der Waals surface area contributed by atoms with Crippen molar-refractivity contribution < 1.29 is 19.7 Å². The van der Waals surface area contributed by atoms with Gasteiger partial charge in [0.15, 0.2) is 17.1 Å². The highest BCUT2D eigenvalue weighted by molar-refractivity contribution is 5.91. The number of phenols is 1. The number of benzene rings is 1. The van der Waals surface area contributed by atoms with E-state index < -0.39 is 11.6 Å². The topological polar surface area (TPSA) is 66.8 Å². The van der Waals surface area contributed by atoms with Crippen LogP contribution in [0.5, 0.6) is 11.5 Å². The number of hydrogen-bond donors (Lipinski definition) is 2. The van der Waals surface area contributed by atoms with Gasteiger partial charge in [0.2, 0.25) is 0 Å². The fourth-order valence-corrected chi connectivity index (χ4v) is 3.54. The van der Waals surface area contributed by atoms with Crippen molar-refractivity contribution >= 4 is 5.97 Å². The molecule has 4 heteroatoms. The van der Waals surface area contributed by atoms with Crippen molar-refractivity contribution in [1.82, 2.24) is 0 Å². The predicted octanol–water partition coefficient (Wildman–Crippen LogP) is 2.27. The van der Waals surface area contributed by atoms with Gasteiger partial charge in [-0.25, -0.2) is 4.79 Å². The molecule has 102 valence electrons. The van der Waals surface area contributed by atoms with Gasteiger partial charge in [0.25, 0.3) is 0 Å². The molecule has 2 N–H and O–H groups in total. The van der Waals surface area contributed by atoms with Crippen molar-refractivity contribution in [1.29, 1.82) is 0 Å². The molecule has 3 rings (SSSR count). The lowest BCUT2D eigenvalue weighted by Gasteiger charge is -2.28. The van der Waals surface area contributed by atoms with Crippen LogP contribution in [0.3, 0.4) is 0 Å². The van der Waals surface area contributed by atoms with Gasteiger partial charge >= 0.3 is 5.97 Å². The van der Waals surface area contributed by atoms with Crippen LogP contribution in [0.4, 0.5) is 0 Å². The first-order valence-electron chi connectivity index (χ1n) is 6.69. The van der Waals surface area contributed by atoms with E-state index in [1.165, 1.54) is 6.92 Å². The summed E-state index contributed by atoms with van der Waals surface area (Å²) in [6.45, 7) is 5.44. The minimum atomic E-state index is -1.66. The molecule has 1 aliphatic carbocycles. The Balaban J connectivity index is 2.36. The van der Waals surface area contributed by atoms with Crippen LogP contribution in [-0.2, 0) is 16.8 Å². The second kappa shape index (κ2) is 3.73. The van der Waals surface area contributed by atoms with E-state index in [-0.39, 0.29) is 11.5 Å². The third-order valence-corrected chi connectivity index (χ3v) is 4.47. The molecule has 0 saturated carbocycles. The van der Waals surface area contributed by atoms with Crippen molar-refractivity contribution in [3.63, 3.8) is 0 Å². The first kappa shape index (κ1) is 12.5. The Labute approximate surface area is 112 Å². The average molecular weight is 262 g/mol. The van der Waals surface area contributed by atoms with E-state index in [1.54, 1.807) is 0 Å². The van der Waals surface area contributed by atoms with Gasteiger partial charge in [0.1, 0.15) is 0 Å². The quantitative estimate of drug-likeness (QED) is 0.556. The lowest BCUT2D eigenvalue weighted by molar-refractivity contribution is -0.150. The van der Waals surface area contributed by atoms with E-state index in [9.17, 15) is 15.0 Å². The summed E-state index contributed by atoms with van der Waals surface area (Å²) >= 11 is 0. The normalized spacial score (nSPS) is 28.8. The van der Waals surface area contributed by atoms with Crippen molar-refractivity contribution in [2.45, 2.75) is 51.6 Å². The summed E-state index contributed by atoms with van der Waals surface area (Å²) in [5, 5.41) is 20.7. The Morgan fingerprint density at radius 1 is 1.42 bits per heavy atom. The maximum absolute atomic E-state index is 11.8. The predicted molar refractivity (Wildman–Crippen MR) is 69.4 cm³/mol. The van der Waals surface area contributed by atoms with Crippen molar-refractivity contribution in [3.05, 3.63) is 22.3 Å². The van der Waals surface area contributed by atoms with Crippen LogP contribution in [-0.4, -0.2) is 16.2 Å². The number of rotatable bonds is 0. The molecule has 2 aliphatic rings. The molecule has 1 heterocycles. The van der Waals surface area contributed by atoms with E-state index in [0.717, 1.165) is 36.0 Å². The Hall–Kier alpha value is -1.55. The van der Waals surface area contributed by atoms with Gasteiger partial charge < -0.3 is 14.9 Å². The summed E-state index contributed by atoms with van der Waals surface area (Å²) in [6.07, 6.45) is 2.87.